The van der Waals surface area contributed by atoms with Gasteiger partial charge in [0, 0.05) is 6.54 Å². The van der Waals surface area contributed by atoms with Crippen LogP contribution in [0, 0.1) is 11.3 Å². The van der Waals surface area contributed by atoms with Gasteiger partial charge in [0.25, 0.3) is 0 Å². The Bertz CT molecular complexity index is 392. The lowest BCUT2D eigenvalue weighted by Crippen LogP contribution is -2.26. The largest absolute Gasteiger partial charge is 0.468 e. The highest BCUT2D eigenvalue weighted by Crippen LogP contribution is 2.05. The summed E-state index contributed by atoms with van der Waals surface area (Å²) in [7, 11) is 3.22. The molecule has 0 N–H and O–H groups in total. The first kappa shape index (κ1) is 12.2. The van der Waals surface area contributed by atoms with Crippen LogP contribution < -0.4 is 0 Å². The number of carbonyl (C=O) groups is 1. The molecule has 4 nitrogen and oxygen atoms in total. The lowest BCUT2D eigenvalue weighted by molar-refractivity contribution is -0.141. The van der Waals surface area contributed by atoms with Crippen LogP contribution in [0.1, 0.15) is 11.1 Å². The van der Waals surface area contributed by atoms with E-state index in [0.29, 0.717) is 12.1 Å². The Kier molecular flexibility index (Phi) is 4.49. The van der Waals surface area contributed by atoms with Crippen molar-refractivity contribution in [3.8, 4) is 6.07 Å². The smallest absolute Gasteiger partial charge is 0.319 e. The van der Waals surface area contributed by atoms with Gasteiger partial charge in [0.2, 0.25) is 0 Å². The fraction of sp³-hybridized carbons (Fsp3) is 0.333. The van der Waals surface area contributed by atoms with Crippen LogP contribution in [0.25, 0.3) is 0 Å². The second-order valence-electron chi connectivity index (χ2n) is 3.56. The number of benzene rings is 1. The minimum atomic E-state index is -0.254. The van der Waals surface area contributed by atoms with E-state index in [9.17, 15) is 4.79 Å². The van der Waals surface area contributed by atoms with Crippen LogP contribution >= 0.6 is 0 Å². The highest BCUT2D eigenvalue weighted by atomic mass is 16.5. The number of ether oxygens (including phenoxy) is 1. The van der Waals surface area contributed by atoms with Crippen molar-refractivity contribution >= 4 is 5.97 Å². The molecule has 1 aromatic carbocycles. The molecule has 16 heavy (non-hydrogen) atoms. The highest BCUT2D eigenvalue weighted by molar-refractivity contribution is 5.71. The molecule has 0 atom stereocenters. The number of nitrogens with zero attached hydrogens (tertiary/aromatic N) is 2. The number of rotatable bonds is 4. The topological polar surface area (TPSA) is 53.3 Å². The predicted octanol–water partition coefficient (Wildman–Crippen LogP) is 1.16. The molecule has 0 fully saturated rings. The Balaban J connectivity index is 2.53. The van der Waals surface area contributed by atoms with E-state index in [-0.39, 0.29) is 12.5 Å². The normalized spacial score (nSPS) is 9.88. The van der Waals surface area contributed by atoms with Crippen molar-refractivity contribution in [1.82, 2.24) is 4.90 Å². The standard InChI is InChI=1S/C12H14N2O2/c1-14(9-12(15)16-2)8-11-5-3-10(7-13)4-6-11/h3-6H,8-9H2,1-2H3. The van der Waals surface area contributed by atoms with E-state index in [4.69, 9.17) is 5.26 Å². The van der Waals surface area contributed by atoms with Gasteiger partial charge in [0.05, 0.1) is 25.3 Å². The van der Waals surface area contributed by atoms with E-state index in [0.717, 1.165) is 5.56 Å². The van der Waals surface area contributed by atoms with E-state index in [1.807, 2.05) is 24.1 Å². The Hall–Kier alpha value is -1.86. The molecule has 0 aliphatic rings. The van der Waals surface area contributed by atoms with Gasteiger partial charge in [-0.25, -0.2) is 0 Å². The fourth-order valence-corrected chi connectivity index (χ4v) is 1.34. The first-order chi connectivity index (χ1) is 7.65. The molecule has 0 heterocycles. The zero-order valence-corrected chi connectivity index (χ0v) is 9.43. The number of carbonyl (C=O) groups excluding carboxylic acids is 1. The van der Waals surface area contributed by atoms with Gasteiger partial charge in [-0.1, -0.05) is 12.1 Å². The Labute approximate surface area is 95.0 Å². The lowest BCUT2D eigenvalue weighted by Gasteiger charge is -2.14. The quantitative estimate of drug-likeness (QED) is 0.712. The molecule has 4 heteroatoms. The third kappa shape index (κ3) is 3.71. The summed E-state index contributed by atoms with van der Waals surface area (Å²) in [5.41, 5.74) is 1.70. The van der Waals surface area contributed by atoms with Crippen molar-refractivity contribution in [2.45, 2.75) is 6.54 Å². The number of hydrogen-bond donors (Lipinski definition) is 0. The van der Waals surface area contributed by atoms with Gasteiger partial charge in [-0.15, -0.1) is 0 Å². The third-order valence-electron chi connectivity index (χ3n) is 2.16. The number of esters is 1. The van der Waals surface area contributed by atoms with Crippen LogP contribution in [0.15, 0.2) is 24.3 Å². The molecule has 0 saturated heterocycles. The summed E-state index contributed by atoms with van der Waals surface area (Å²) in [5.74, 6) is -0.254. The van der Waals surface area contributed by atoms with Gasteiger partial charge in [-0.05, 0) is 24.7 Å². The molecule has 0 aliphatic carbocycles. The minimum Gasteiger partial charge on any atom is -0.468 e. The van der Waals surface area contributed by atoms with Gasteiger partial charge >= 0.3 is 5.97 Å². The molecule has 0 aromatic heterocycles. The van der Waals surface area contributed by atoms with E-state index in [2.05, 4.69) is 10.8 Å². The molecular formula is C12H14N2O2. The summed E-state index contributed by atoms with van der Waals surface area (Å²) in [6.07, 6.45) is 0. The third-order valence-corrected chi connectivity index (χ3v) is 2.16. The molecule has 0 saturated carbocycles. The number of hydrogen-bond acceptors (Lipinski definition) is 4. The lowest BCUT2D eigenvalue weighted by atomic mass is 10.1. The zero-order chi connectivity index (χ0) is 12.0. The minimum absolute atomic E-state index is 0.254. The van der Waals surface area contributed by atoms with Crippen molar-refractivity contribution in [1.29, 1.82) is 5.26 Å². The molecule has 0 amide bonds. The second kappa shape index (κ2) is 5.89. The molecule has 1 rings (SSSR count). The Morgan fingerprint density at radius 2 is 2.06 bits per heavy atom. The molecular weight excluding hydrogens is 204 g/mol. The predicted molar refractivity (Wildman–Crippen MR) is 59.5 cm³/mol. The van der Waals surface area contributed by atoms with Gasteiger partial charge in [-0.3, -0.25) is 9.69 Å². The van der Waals surface area contributed by atoms with Crippen molar-refractivity contribution < 1.29 is 9.53 Å². The molecule has 1 aromatic rings. The van der Waals surface area contributed by atoms with E-state index in [1.54, 1.807) is 12.1 Å². The maximum absolute atomic E-state index is 11.0. The van der Waals surface area contributed by atoms with Crippen LogP contribution in [-0.2, 0) is 16.1 Å². The van der Waals surface area contributed by atoms with Crippen LogP contribution in [0.2, 0.25) is 0 Å². The summed E-state index contributed by atoms with van der Waals surface area (Å²) in [6.45, 7) is 0.914. The van der Waals surface area contributed by atoms with Crippen LogP contribution in [0.3, 0.4) is 0 Å². The van der Waals surface area contributed by atoms with E-state index < -0.39 is 0 Å². The summed E-state index contributed by atoms with van der Waals surface area (Å²) in [5, 5.41) is 8.64. The van der Waals surface area contributed by atoms with E-state index in [1.165, 1.54) is 7.11 Å². The van der Waals surface area contributed by atoms with Crippen molar-refractivity contribution in [2.24, 2.45) is 0 Å². The average Bonchev–Trinajstić information content (AvgIpc) is 2.29. The van der Waals surface area contributed by atoms with Crippen molar-refractivity contribution in [3.63, 3.8) is 0 Å². The molecule has 0 radical (unpaired) electrons. The zero-order valence-electron chi connectivity index (χ0n) is 9.43. The van der Waals surface area contributed by atoms with Crippen molar-refractivity contribution in [2.75, 3.05) is 20.7 Å². The molecule has 0 aliphatic heterocycles. The van der Waals surface area contributed by atoms with Crippen LogP contribution in [-0.4, -0.2) is 31.6 Å². The molecule has 0 spiro atoms. The Morgan fingerprint density at radius 3 is 2.56 bits per heavy atom. The molecule has 0 unspecified atom stereocenters. The molecule has 0 bridgehead atoms. The summed E-state index contributed by atoms with van der Waals surface area (Å²) in [4.78, 5) is 12.9. The van der Waals surface area contributed by atoms with E-state index >= 15 is 0 Å². The second-order valence-corrected chi connectivity index (χ2v) is 3.56. The van der Waals surface area contributed by atoms with Gasteiger partial charge in [0.15, 0.2) is 0 Å². The first-order valence-corrected chi connectivity index (χ1v) is 4.90. The number of nitriles is 1. The van der Waals surface area contributed by atoms with Gasteiger partial charge in [0.1, 0.15) is 0 Å². The monoisotopic (exact) mass is 218 g/mol. The SMILES string of the molecule is COC(=O)CN(C)Cc1ccc(C#N)cc1. The summed E-state index contributed by atoms with van der Waals surface area (Å²) < 4.78 is 4.57. The van der Waals surface area contributed by atoms with Gasteiger partial charge < -0.3 is 4.74 Å². The highest BCUT2D eigenvalue weighted by Gasteiger charge is 2.06. The number of likely N-dealkylation sites (N-methyl/N-ethyl adjacent to an activating group) is 1. The van der Waals surface area contributed by atoms with Gasteiger partial charge in [-0.2, -0.15) is 5.26 Å². The van der Waals surface area contributed by atoms with Crippen LogP contribution in [0.4, 0.5) is 0 Å². The average molecular weight is 218 g/mol. The Morgan fingerprint density at radius 1 is 1.44 bits per heavy atom. The fourth-order valence-electron chi connectivity index (χ4n) is 1.34. The maximum atomic E-state index is 11.0. The van der Waals surface area contributed by atoms with Crippen LogP contribution in [0.5, 0.6) is 0 Å². The van der Waals surface area contributed by atoms with Crippen molar-refractivity contribution in [3.05, 3.63) is 35.4 Å². The summed E-state index contributed by atoms with van der Waals surface area (Å²) in [6, 6.07) is 9.35. The first-order valence-electron chi connectivity index (χ1n) is 4.90. The molecule has 84 valence electrons. The summed E-state index contributed by atoms with van der Waals surface area (Å²) >= 11 is 0. The maximum Gasteiger partial charge on any atom is 0.319 e. The number of methoxy groups -OCH3 is 1.